The highest BCUT2D eigenvalue weighted by Crippen LogP contribution is 2.28. The SMILES string of the molecule is CSC1CCC(NC(=O)c2cc(Br)ccc2I)C1. The number of carbonyl (C=O) groups is 1. The summed E-state index contributed by atoms with van der Waals surface area (Å²) in [6, 6.07) is 6.14. The van der Waals surface area contributed by atoms with Gasteiger partial charge in [0, 0.05) is 19.3 Å². The second-order valence-electron chi connectivity index (χ2n) is 4.47. The van der Waals surface area contributed by atoms with Crippen LogP contribution in [0.1, 0.15) is 29.6 Å². The van der Waals surface area contributed by atoms with Crippen LogP contribution in [-0.4, -0.2) is 23.5 Å². The predicted octanol–water partition coefficient (Wildman–Crippen LogP) is 4.07. The monoisotopic (exact) mass is 439 g/mol. The molecule has 98 valence electrons. The smallest absolute Gasteiger partial charge is 0.252 e. The van der Waals surface area contributed by atoms with Crippen LogP contribution in [0.3, 0.4) is 0 Å². The molecule has 0 aromatic heterocycles. The van der Waals surface area contributed by atoms with Gasteiger partial charge in [0.05, 0.1) is 5.56 Å². The summed E-state index contributed by atoms with van der Waals surface area (Å²) in [5.74, 6) is 0.0486. The third-order valence-electron chi connectivity index (χ3n) is 3.23. The summed E-state index contributed by atoms with van der Waals surface area (Å²) in [6.45, 7) is 0. The van der Waals surface area contributed by atoms with E-state index in [1.165, 1.54) is 6.42 Å². The Kier molecular flexibility index (Phi) is 5.38. The number of amides is 1. The van der Waals surface area contributed by atoms with E-state index in [2.05, 4.69) is 50.1 Å². The van der Waals surface area contributed by atoms with Crippen molar-refractivity contribution in [1.82, 2.24) is 5.32 Å². The Morgan fingerprint density at radius 2 is 2.28 bits per heavy atom. The van der Waals surface area contributed by atoms with Crippen LogP contribution in [0.25, 0.3) is 0 Å². The molecule has 2 rings (SSSR count). The summed E-state index contributed by atoms with van der Waals surface area (Å²) in [5, 5.41) is 3.86. The normalized spacial score (nSPS) is 23.1. The molecule has 2 unspecified atom stereocenters. The van der Waals surface area contributed by atoms with E-state index in [0.717, 1.165) is 26.4 Å². The highest BCUT2D eigenvalue weighted by atomic mass is 127. The van der Waals surface area contributed by atoms with E-state index < -0.39 is 0 Å². The van der Waals surface area contributed by atoms with Gasteiger partial charge in [-0.1, -0.05) is 15.9 Å². The van der Waals surface area contributed by atoms with Gasteiger partial charge in [-0.15, -0.1) is 0 Å². The molecule has 0 aliphatic heterocycles. The molecule has 1 N–H and O–H groups in total. The first-order chi connectivity index (χ1) is 8.60. The summed E-state index contributed by atoms with van der Waals surface area (Å²) in [7, 11) is 0. The van der Waals surface area contributed by atoms with Crippen molar-refractivity contribution < 1.29 is 4.79 Å². The van der Waals surface area contributed by atoms with Crippen LogP contribution in [0.5, 0.6) is 0 Å². The summed E-state index contributed by atoms with van der Waals surface area (Å²) in [4.78, 5) is 12.2. The second kappa shape index (κ2) is 6.61. The first-order valence-corrected chi connectivity index (χ1v) is 9.05. The molecule has 5 heteroatoms. The average Bonchev–Trinajstić information content (AvgIpc) is 2.80. The standard InChI is InChI=1S/C13H15BrINOS/c1-18-10-4-3-9(7-10)16-13(17)11-6-8(14)2-5-12(11)15/h2,5-6,9-10H,3-4,7H2,1H3,(H,16,17). The summed E-state index contributed by atoms with van der Waals surface area (Å²) < 4.78 is 1.94. The van der Waals surface area contributed by atoms with Crippen molar-refractivity contribution in [2.24, 2.45) is 0 Å². The maximum Gasteiger partial charge on any atom is 0.252 e. The van der Waals surface area contributed by atoms with E-state index in [0.29, 0.717) is 11.3 Å². The zero-order valence-electron chi connectivity index (χ0n) is 10.1. The molecule has 1 aromatic rings. The third kappa shape index (κ3) is 3.63. The lowest BCUT2D eigenvalue weighted by Gasteiger charge is -2.13. The van der Waals surface area contributed by atoms with Crippen LogP contribution in [0, 0.1) is 3.57 Å². The Morgan fingerprint density at radius 1 is 1.50 bits per heavy atom. The lowest BCUT2D eigenvalue weighted by Crippen LogP contribution is -2.33. The van der Waals surface area contributed by atoms with Crippen molar-refractivity contribution in [3.8, 4) is 0 Å². The number of rotatable bonds is 3. The van der Waals surface area contributed by atoms with Gasteiger partial charge in [-0.05, 0) is 66.3 Å². The average molecular weight is 440 g/mol. The molecule has 1 aliphatic carbocycles. The van der Waals surface area contributed by atoms with Crippen molar-refractivity contribution in [3.05, 3.63) is 31.8 Å². The van der Waals surface area contributed by atoms with E-state index >= 15 is 0 Å². The van der Waals surface area contributed by atoms with Crippen molar-refractivity contribution in [3.63, 3.8) is 0 Å². The van der Waals surface area contributed by atoms with Gasteiger partial charge in [-0.2, -0.15) is 11.8 Å². The molecule has 0 spiro atoms. The highest BCUT2D eigenvalue weighted by Gasteiger charge is 2.25. The van der Waals surface area contributed by atoms with Gasteiger partial charge in [0.2, 0.25) is 0 Å². The lowest BCUT2D eigenvalue weighted by molar-refractivity contribution is 0.0937. The number of thioether (sulfide) groups is 1. The molecule has 0 saturated heterocycles. The molecule has 1 saturated carbocycles. The van der Waals surface area contributed by atoms with Gasteiger partial charge in [-0.3, -0.25) is 4.79 Å². The zero-order chi connectivity index (χ0) is 13.1. The fraction of sp³-hybridized carbons (Fsp3) is 0.462. The molecule has 0 radical (unpaired) electrons. The first kappa shape index (κ1) is 14.7. The van der Waals surface area contributed by atoms with Crippen LogP contribution in [0.2, 0.25) is 0 Å². The Morgan fingerprint density at radius 3 is 2.94 bits per heavy atom. The maximum absolute atomic E-state index is 12.2. The molecule has 2 nitrogen and oxygen atoms in total. The molecule has 0 heterocycles. The van der Waals surface area contributed by atoms with E-state index in [-0.39, 0.29) is 5.91 Å². The van der Waals surface area contributed by atoms with E-state index in [1.807, 2.05) is 30.0 Å². The first-order valence-electron chi connectivity index (χ1n) is 5.89. The fourth-order valence-electron chi connectivity index (χ4n) is 2.22. The predicted molar refractivity (Wildman–Crippen MR) is 89.3 cm³/mol. The fourth-order valence-corrected chi connectivity index (χ4v) is 3.96. The van der Waals surface area contributed by atoms with E-state index in [4.69, 9.17) is 0 Å². The van der Waals surface area contributed by atoms with Gasteiger partial charge in [0.15, 0.2) is 0 Å². The molecular weight excluding hydrogens is 425 g/mol. The molecule has 1 aromatic carbocycles. The number of hydrogen-bond acceptors (Lipinski definition) is 2. The van der Waals surface area contributed by atoms with Crippen molar-refractivity contribution in [2.75, 3.05) is 6.26 Å². The van der Waals surface area contributed by atoms with Gasteiger partial charge in [-0.25, -0.2) is 0 Å². The Labute approximate surface area is 134 Å². The summed E-state index contributed by atoms with van der Waals surface area (Å²) >= 11 is 7.52. The molecule has 18 heavy (non-hydrogen) atoms. The summed E-state index contributed by atoms with van der Waals surface area (Å²) in [5.41, 5.74) is 0.762. The minimum atomic E-state index is 0.0486. The molecular formula is C13H15BrINOS. The van der Waals surface area contributed by atoms with Crippen molar-refractivity contribution in [1.29, 1.82) is 0 Å². The van der Waals surface area contributed by atoms with Crippen LogP contribution >= 0.6 is 50.3 Å². The molecule has 2 atom stereocenters. The van der Waals surface area contributed by atoms with Gasteiger partial charge in [0.25, 0.3) is 5.91 Å². The van der Waals surface area contributed by atoms with Crippen LogP contribution in [0.4, 0.5) is 0 Å². The molecule has 1 amide bonds. The number of benzene rings is 1. The lowest BCUT2D eigenvalue weighted by atomic mass is 10.2. The number of nitrogens with one attached hydrogen (secondary N) is 1. The van der Waals surface area contributed by atoms with Crippen LogP contribution in [-0.2, 0) is 0 Å². The second-order valence-corrected chi connectivity index (χ2v) is 7.68. The van der Waals surface area contributed by atoms with Gasteiger partial charge in [0.1, 0.15) is 0 Å². The maximum atomic E-state index is 12.2. The number of halogens is 2. The minimum Gasteiger partial charge on any atom is -0.349 e. The third-order valence-corrected chi connectivity index (χ3v) is 5.75. The topological polar surface area (TPSA) is 29.1 Å². The van der Waals surface area contributed by atoms with Crippen molar-refractivity contribution in [2.45, 2.75) is 30.6 Å². The van der Waals surface area contributed by atoms with Gasteiger partial charge < -0.3 is 5.32 Å². The van der Waals surface area contributed by atoms with E-state index in [9.17, 15) is 4.79 Å². The quantitative estimate of drug-likeness (QED) is 0.719. The number of hydrogen-bond donors (Lipinski definition) is 1. The minimum absolute atomic E-state index is 0.0486. The zero-order valence-corrected chi connectivity index (χ0v) is 14.6. The van der Waals surface area contributed by atoms with Gasteiger partial charge >= 0.3 is 0 Å². The van der Waals surface area contributed by atoms with Crippen LogP contribution in [0.15, 0.2) is 22.7 Å². The largest absolute Gasteiger partial charge is 0.349 e. The number of carbonyl (C=O) groups excluding carboxylic acids is 1. The Balaban J connectivity index is 2.02. The molecule has 1 aliphatic rings. The van der Waals surface area contributed by atoms with Crippen LogP contribution < -0.4 is 5.32 Å². The Bertz CT molecular complexity index is 455. The van der Waals surface area contributed by atoms with E-state index in [1.54, 1.807) is 0 Å². The van der Waals surface area contributed by atoms with Crippen molar-refractivity contribution >= 4 is 56.2 Å². The Hall–Kier alpha value is 0.250. The highest BCUT2D eigenvalue weighted by molar-refractivity contribution is 14.1. The summed E-state index contributed by atoms with van der Waals surface area (Å²) in [6.07, 6.45) is 5.55. The molecule has 0 bridgehead atoms. The molecule has 1 fully saturated rings.